The number of hydrogen-bond donors (Lipinski definition) is 8. The Hall–Kier alpha value is -9.44. The van der Waals surface area contributed by atoms with Gasteiger partial charge in [0.1, 0.15) is 23.0 Å². The van der Waals surface area contributed by atoms with Gasteiger partial charge >= 0.3 is 0 Å². The summed E-state index contributed by atoms with van der Waals surface area (Å²) in [5, 5.41) is 16.0. The molecule has 4 aromatic heterocycles. The number of H-pyrrole nitrogens is 4. The molecule has 452 valence electrons. The molecule has 8 N–H and O–H groups in total. The summed E-state index contributed by atoms with van der Waals surface area (Å²) in [5.74, 6) is 0.885. The minimum atomic E-state index is -0.208. The Labute approximate surface area is 511 Å². The second-order valence-corrected chi connectivity index (χ2v) is 27.1. The van der Waals surface area contributed by atoms with Gasteiger partial charge in [-0.1, -0.05) is 79.7 Å². The molecule has 0 spiro atoms. The molecule has 4 saturated carbocycles. The van der Waals surface area contributed by atoms with Crippen molar-refractivity contribution in [3.8, 4) is 23.0 Å². The Bertz CT molecular complexity index is 4050. The number of benzene rings is 4. The van der Waals surface area contributed by atoms with Gasteiger partial charge in [0.25, 0.3) is 0 Å². The smallest absolute Gasteiger partial charge is 0.228 e. The van der Waals surface area contributed by atoms with Gasteiger partial charge in [-0.2, -0.15) is 0 Å². The largest absolute Gasteiger partial charge is 0.496 e. The van der Waals surface area contributed by atoms with Crippen LogP contribution in [0.4, 0.5) is 22.7 Å². The van der Waals surface area contributed by atoms with Gasteiger partial charge in [-0.15, -0.1) is 0 Å². The molecular formula is C72H76N8O8. The number of anilines is 4. The van der Waals surface area contributed by atoms with Gasteiger partial charge in [-0.3, -0.25) is 19.2 Å². The molecule has 4 amide bonds. The second kappa shape index (κ2) is 21.2. The molecule has 4 aromatic carbocycles. The van der Waals surface area contributed by atoms with E-state index in [1.54, 1.807) is 28.4 Å². The number of ether oxygens (including phenoxy) is 4. The van der Waals surface area contributed by atoms with E-state index < -0.39 is 0 Å². The lowest BCUT2D eigenvalue weighted by Crippen LogP contribution is -2.23. The average molecular weight is 1180 g/mol. The lowest BCUT2D eigenvalue weighted by Gasteiger charge is -2.20. The summed E-state index contributed by atoms with van der Waals surface area (Å²) >= 11 is 0. The Balaban J connectivity index is 1.15. The van der Waals surface area contributed by atoms with E-state index in [4.69, 9.17) is 18.9 Å². The van der Waals surface area contributed by atoms with Crippen LogP contribution in [-0.2, 0) is 19.2 Å². The molecule has 4 atom stereocenters. The maximum atomic E-state index is 14.4. The van der Waals surface area contributed by atoms with Crippen LogP contribution in [0.1, 0.15) is 126 Å². The van der Waals surface area contributed by atoms with Crippen molar-refractivity contribution < 1.29 is 38.1 Å². The highest BCUT2D eigenvalue weighted by Crippen LogP contribution is 2.55. The summed E-state index contributed by atoms with van der Waals surface area (Å²) in [6, 6.07) is 38.7. The maximum Gasteiger partial charge on any atom is 0.228 e. The van der Waals surface area contributed by atoms with Crippen molar-refractivity contribution in [2.24, 2.45) is 45.3 Å². The molecular weight excluding hydrogens is 1100 g/mol. The quantitative estimate of drug-likeness (QED) is 0.0465. The third kappa shape index (κ3) is 10.2. The molecule has 8 aromatic rings. The lowest BCUT2D eigenvalue weighted by molar-refractivity contribution is -0.118. The Morgan fingerprint density at radius 1 is 0.330 bits per heavy atom. The zero-order chi connectivity index (χ0) is 61.9. The van der Waals surface area contributed by atoms with Gasteiger partial charge < -0.3 is 60.2 Å². The van der Waals surface area contributed by atoms with E-state index in [1.807, 2.05) is 121 Å². The zero-order valence-electron chi connectivity index (χ0n) is 52.0. The van der Waals surface area contributed by atoms with Gasteiger partial charge in [-0.05, 0) is 144 Å². The fourth-order valence-corrected chi connectivity index (χ4v) is 13.2. The highest BCUT2D eigenvalue weighted by Gasteiger charge is 2.53. The van der Waals surface area contributed by atoms with Crippen LogP contribution in [0.2, 0.25) is 0 Å². The maximum absolute atomic E-state index is 14.4. The molecule has 5 aliphatic rings. The van der Waals surface area contributed by atoms with Crippen LogP contribution in [0, 0.1) is 45.3 Å². The first-order valence-electron chi connectivity index (χ1n) is 30.2. The van der Waals surface area contributed by atoms with Gasteiger partial charge in [0, 0.05) is 101 Å². The van der Waals surface area contributed by atoms with Crippen molar-refractivity contribution in [3.63, 3.8) is 0 Å². The minimum absolute atomic E-state index is 0.108. The van der Waals surface area contributed by atoms with Crippen LogP contribution >= 0.6 is 0 Å². The molecule has 88 heavy (non-hydrogen) atoms. The van der Waals surface area contributed by atoms with Crippen molar-refractivity contribution in [2.45, 2.75) is 81.1 Å². The lowest BCUT2D eigenvalue weighted by atomic mass is 9.97. The normalized spacial score (nSPS) is 20.3. The SMILES string of the molecule is COc1cccc(OC)c1C1=c2ccc([nH]2)=C(c2c(NC(=O)[C@H]3CC3(C)C)cccc2NC(=O)[C@@H]2CC2(C)C)c2ccc([nH]2)C(c2c(OC)cccc2OC)=c2ccc([nH]2)=C(c2c(NC(=O)[C@H]3CC3(C)C)cccc2NC(=O)[C@@H]2CC2(C)C)c2ccc1[nH]2. The van der Waals surface area contributed by atoms with Crippen molar-refractivity contribution in [2.75, 3.05) is 49.7 Å². The van der Waals surface area contributed by atoms with E-state index in [9.17, 15) is 19.2 Å². The summed E-state index contributed by atoms with van der Waals surface area (Å²) < 4.78 is 24.8. The van der Waals surface area contributed by atoms with E-state index in [1.165, 1.54) is 0 Å². The number of hydrogen-bond acceptors (Lipinski definition) is 8. The van der Waals surface area contributed by atoms with Crippen molar-refractivity contribution in [1.82, 2.24) is 19.9 Å². The molecule has 4 fully saturated rings. The number of nitrogens with one attached hydrogen (secondary N) is 8. The first kappa shape index (κ1) is 57.6. The summed E-state index contributed by atoms with van der Waals surface area (Å²) in [4.78, 5) is 73.3. The fraction of sp³-hybridized carbons (Fsp3) is 0.333. The second-order valence-electron chi connectivity index (χ2n) is 27.1. The predicted octanol–water partition coefficient (Wildman–Crippen LogP) is 10.3. The van der Waals surface area contributed by atoms with Gasteiger partial charge in [-0.25, -0.2) is 0 Å². The molecule has 16 nitrogen and oxygen atoms in total. The topological polar surface area (TPSA) is 216 Å². The number of carbonyl (C=O) groups excluding carboxylic acids is 4. The van der Waals surface area contributed by atoms with Gasteiger partial charge in [0.05, 0.1) is 62.3 Å². The molecule has 0 radical (unpaired) electrons. The standard InChI is InChI=1S/C72H76N8O8/c1-69(2)33-37(69)65(81)77-41-17-13-18-42(78-66(82)38-34-70(38,3)4)57(41)59-45-25-29-49(73-45)61(63-53(85-9)21-15-22-54(63)86-10)51-31-27-47(75-51)60(48-28-32-52(76-48)62(50-30-26-46(59)74-50)64-55(87-11)23-16-24-56(64)88-12)58-43(79-67(83)39-35-71(39,5)6)19-14-20-44(58)80-68(84)40-36-72(40,7)8/h13-32,37-40,73-76H,33-36H2,1-12H3,(H,77,81)(H,78,82)(H,79,83)(H,80,84)/t37-,38+,39-,40+. The zero-order valence-corrected chi connectivity index (χ0v) is 52.0. The van der Waals surface area contributed by atoms with E-state index in [0.29, 0.717) is 134 Å². The van der Waals surface area contributed by atoms with Crippen LogP contribution in [0.15, 0.2) is 121 Å². The van der Waals surface area contributed by atoms with E-state index in [-0.39, 0.29) is 69.0 Å². The first-order valence-corrected chi connectivity index (χ1v) is 30.2. The molecule has 4 aliphatic carbocycles. The summed E-state index contributed by atoms with van der Waals surface area (Å²) in [5.41, 5.74) is 9.09. The van der Waals surface area contributed by atoms with Crippen molar-refractivity contribution in [1.29, 1.82) is 0 Å². The van der Waals surface area contributed by atoms with Crippen LogP contribution in [0.5, 0.6) is 23.0 Å². The molecule has 0 unspecified atom stereocenters. The number of methoxy groups -OCH3 is 4. The third-order valence-corrected chi connectivity index (χ3v) is 19.2. The molecule has 0 saturated heterocycles. The number of aromatic nitrogens is 4. The van der Waals surface area contributed by atoms with Crippen LogP contribution < -0.4 is 61.6 Å². The van der Waals surface area contributed by atoms with Gasteiger partial charge in [0.15, 0.2) is 0 Å². The molecule has 16 heteroatoms. The molecule has 5 heterocycles. The molecule has 8 bridgehead atoms. The number of amides is 4. The average Bonchev–Trinajstić information content (AvgIpc) is 3.01. The number of rotatable bonds is 16. The van der Waals surface area contributed by atoms with Crippen molar-refractivity contribution >= 4 is 68.7 Å². The van der Waals surface area contributed by atoms with E-state index >= 15 is 0 Å². The van der Waals surface area contributed by atoms with Crippen LogP contribution in [0.3, 0.4) is 0 Å². The first-order chi connectivity index (χ1) is 42.0. The Morgan fingerprint density at radius 2 is 0.545 bits per heavy atom. The minimum Gasteiger partial charge on any atom is -0.496 e. The highest BCUT2D eigenvalue weighted by atomic mass is 16.5. The summed E-state index contributed by atoms with van der Waals surface area (Å²) in [6.45, 7) is 16.8. The number of aromatic amines is 4. The van der Waals surface area contributed by atoms with E-state index in [0.717, 1.165) is 25.7 Å². The molecule has 1 aliphatic heterocycles. The van der Waals surface area contributed by atoms with Crippen LogP contribution in [0.25, 0.3) is 22.3 Å². The number of carbonyl (C=O) groups is 4. The fourth-order valence-electron chi connectivity index (χ4n) is 13.2. The summed E-state index contributed by atoms with van der Waals surface area (Å²) in [6.07, 6.45) is 2.97. The highest BCUT2D eigenvalue weighted by molar-refractivity contribution is 6.07. The molecule has 13 rings (SSSR count). The van der Waals surface area contributed by atoms with Crippen LogP contribution in [-0.4, -0.2) is 72.0 Å². The van der Waals surface area contributed by atoms with E-state index in [2.05, 4.69) is 96.6 Å². The van der Waals surface area contributed by atoms with Crippen molar-refractivity contribution in [3.05, 3.63) is 188 Å². The predicted molar refractivity (Wildman–Crippen MR) is 342 cm³/mol. The Morgan fingerprint density at radius 3 is 0.761 bits per heavy atom. The summed E-state index contributed by atoms with van der Waals surface area (Å²) in [7, 11) is 6.51. The monoisotopic (exact) mass is 1180 g/mol. The Kier molecular flexibility index (Phi) is 13.9. The third-order valence-electron chi connectivity index (χ3n) is 19.2. The van der Waals surface area contributed by atoms with Gasteiger partial charge in [0.2, 0.25) is 23.6 Å². The number of fused-ring (bicyclic) bond motifs is 8.